The van der Waals surface area contributed by atoms with Gasteiger partial charge in [-0.15, -0.1) is 10.2 Å². The zero-order valence-electron chi connectivity index (χ0n) is 19.8. The minimum Gasteiger partial charge on any atom is -0.415 e. The van der Waals surface area contributed by atoms with Crippen LogP contribution in [-0.4, -0.2) is 69.9 Å². The summed E-state index contributed by atoms with van der Waals surface area (Å²) in [5.74, 6) is -1.43. The molecule has 5 rings (SSSR count). The maximum atomic E-state index is 14.1. The normalized spacial score (nSPS) is 15.6. The highest BCUT2D eigenvalue weighted by Crippen LogP contribution is 2.27. The molecule has 4 heterocycles. The third-order valence-electron chi connectivity index (χ3n) is 6.17. The number of hydrogen-bond donors (Lipinski definition) is 0. The standard InChI is InChI=1S/C23H24F3N7O3S/c1-2-30-8-10-32(11-9-30)37(34,35)33(19-5-3-4-17(24)13-19)15-18-14-31-7-6-16(12-20(31)27-18)22-28-29-23(36-22)21(25)26/h3-7,12-14,21H,2,8-11,15H2,1H3. The Bertz CT molecular complexity index is 1500. The number of anilines is 1. The van der Waals surface area contributed by atoms with Crippen LogP contribution < -0.4 is 4.31 Å². The summed E-state index contributed by atoms with van der Waals surface area (Å²) in [5, 5.41) is 6.98. The summed E-state index contributed by atoms with van der Waals surface area (Å²) >= 11 is 0. The lowest BCUT2D eigenvalue weighted by molar-refractivity contribution is 0.116. The van der Waals surface area contributed by atoms with Crippen molar-refractivity contribution in [3.8, 4) is 11.5 Å². The van der Waals surface area contributed by atoms with E-state index in [9.17, 15) is 21.6 Å². The second kappa shape index (κ2) is 10.1. The Morgan fingerprint density at radius 3 is 2.57 bits per heavy atom. The van der Waals surface area contributed by atoms with Gasteiger partial charge < -0.3 is 13.7 Å². The molecule has 4 aromatic rings. The number of rotatable bonds is 8. The van der Waals surface area contributed by atoms with E-state index in [1.807, 2.05) is 6.92 Å². The molecule has 1 fully saturated rings. The van der Waals surface area contributed by atoms with E-state index in [0.29, 0.717) is 43.1 Å². The van der Waals surface area contributed by atoms with Crippen molar-refractivity contribution in [2.24, 2.45) is 0 Å². The van der Waals surface area contributed by atoms with Crippen LogP contribution in [0.15, 0.2) is 53.2 Å². The lowest BCUT2D eigenvalue weighted by Crippen LogP contribution is -2.53. The van der Waals surface area contributed by atoms with E-state index < -0.39 is 28.3 Å². The van der Waals surface area contributed by atoms with Gasteiger partial charge in [0.25, 0.3) is 5.89 Å². The highest BCUT2D eigenvalue weighted by Gasteiger charge is 2.33. The van der Waals surface area contributed by atoms with Gasteiger partial charge >= 0.3 is 16.6 Å². The third kappa shape index (κ3) is 5.17. The summed E-state index contributed by atoms with van der Waals surface area (Å²) < 4.78 is 76.3. The van der Waals surface area contributed by atoms with Crippen LogP contribution in [0.1, 0.15) is 24.9 Å². The predicted octanol–water partition coefficient (Wildman–Crippen LogP) is 3.35. The van der Waals surface area contributed by atoms with E-state index in [1.54, 1.807) is 28.9 Å². The van der Waals surface area contributed by atoms with Crippen LogP contribution in [0.4, 0.5) is 18.9 Å². The van der Waals surface area contributed by atoms with Crippen LogP contribution >= 0.6 is 0 Å². The average molecular weight is 536 g/mol. The Kier molecular flexibility index (Phi) is 6.88. The first-order valence-electron chi connectivity index (χ1n) is 11.6. The number of benzene rings is 1. The van der Waals surface area contributed by atoms with E-state index in [1.165, 1.54) is 28.6 Å². The van der Waals surface area contributed by atoms with Gasteiger partial charge in [-0.25, -0.2) is 9.37 Å². The number of pyridine rings is 1. The lowest BCUT2D eigenvalue weighted by Gasteiger charge is -2.36. The lowest BCUT2D eigenvalue weighted by atomic mass is 10.2. The topological polar surface area (TPSA) is 100 Å². The molecule has 0 amide bonds. The fourth-order valence-electron chi connectivity index (χ4n) is 4.18. The minimum absolute atomic E-state index is 0.0856. The molecule has 0 N–H and O–H groups in total. The SMILES string of the molecule is CCN1CCN(S(=O)(=O)N(Cc2cn3ccc(-c4nnc(C(F)F)o4)cc3n2)c2cccc(F)c2)CC1. The molecule has 14 heteroatoms. The van der Waals surface area contributed by atoms with Gasteiger partial charge in [-0.1, -0.05) is 13.0 Å². The van der Waals surface area contributed by atoms with Crippen LogP contribution in [0.3, 0.4) is 0 Å². The Hall–Kier alpha value is -3.49. The number of nitrogens with zero attached hydrogens (tertiary/aromatic N) is 7. The molecule has 1 aromatic carbocycles. The molecule has 0 radical (unpaired) electrons. The molecule has 10 nitrogen and oxygen atoms in total. The van der Waals surface area contributed by atoms with Crippen LogP contribution in [0.5, 0.6) is 0 Å². The number of alkyl halides is 2. The number of fused-ring (bicyclic) bond motifs is 1. The number of halogens is 3. The number of likely N-dealkylation sites (N-methyl/N-ethyl adjacent to an activating group) is 1. The molecular weight excluding hydrogens is 511 g/mol. The highest BCUT2D eigenvalue weighted by atomic mass is 32.2. The van der Waals surface area contributed by atoms with Gasteiger partial charge in [-0.2, -0.15) is 21.5 Å². The molecule has 0 aliphatic carbocycles. The zero-order chi connectivity index (χ0) is 26.2. The molecule has 37 heavy (non-hydrogen) atoms. The van der Waals surface area contributed by atoms with Crippen molar-refractivity contribution in [2.45, 2.75) is 19.9 Å². The second-order valence-electron chi connectivity index (χ2n) is 8.49. The minimum atomic E-state index is -4.00. The maximum Gasteiger partial charge on any atom is 0.314 e. The monoisotopic (exact) mass is 535 g/mol. The summed E-state index contributed by atoms with van der Waals surface area (Å²) in [4.78, 5) is 6.67. The van der Waals surface area contributed by atoms with Crippen LogP contribution in [0.25, 0.3) is 17.1 Å². The molecule has 196 valence electrons. The molecule has 0 saturated carbocycles. The fourth-order valence-corrected chi connectivity index (χ4v) is 5.76. The molecule has 0 bridgehead atoms. The van der Waals surface area contributed by atoms with E-state index >= 15 is 0 Å². The van der Waals surface area contributed by atoms with Crippen molar-refractivity contribution in [1.82, 2.24) is 28.8 Å². The second-order valence-corrected chi connectivity index (χ2v) is 10.3. The van der Waals surface area contributed by atoms with Gasteiger partial charge in [0.2, 0.25) is 5.89 Å². The maximum absolute atomic E-state index is 14.1. The predicted molar refractivity (Wildman–Crippen MR) is 129 cm³/mol. The molecule has 1 saturated heterocycles. The average Bonchev–Trinajstić information content (AvgIpc) is 3.54. The van der Waals surface area contributed by atoms with Gasteiger partial charge in [-0.3, -0.25) is 4.31 Å². The number of piperazine rings is 1. The van der Waals surface area contributed by atoms with Gasteiger partial charge in [-0.05, 0) is 36.9 Å². The van der Waals surface area contributed by atoms with E-state index in [4.69, 9.17) is 4.42 Å². The van der Waals surface area contributed by atoms with Crippen molar-refractivity contribution < 1.29 is 26.0 Å². The molecule has 0 spiro atoms. The van der Waals surface area contributed by atoms with Crippen molar-refractivity contribution in [2.75, 3.05) is 37.0 Å². The highest BCUT2D eigenvalue weighted by molar-refractivity contribution is 7.90. The summed E-state index contributed by atoms with van der Waals surface area (Å²) in [7, 11) is -4.00. The van der Waals surface area contributed by atoms with Crippen molar-refractivity contribution in [3.05, 3.63) is 66.2 Å². The van der Waals surface area contributed by atoms with E-state index in [2.05, 4.69) is 20.1 Å². The molecule has 1 aliphatic heterocycles. The van der Waals surface area contributed by atoms with E-state index in [-0.39, 0.29) is 18.1 Å². The summed E-state index contributed by atoms with van der Waals surface area (Å²) in [5.41, 5.74) is 1.38. The smallest absolute Gasteiger partial charge is 0.314 e. The quantitative estimate of drug-likeness (QED) is 0.341. The van der Waals surface area contributed by atoms with Gasteiger partial charge in [0.05, 0.1) is 17.9 Å². The molecule has 3 aromatic heterocycles. The zero-order valence-corrected chi connectivity index (χ0v) is 20.7. The van der Waals surface area contributed by atoms with Crippen LogP contribution in [-0.2, 0) is 16.8 Å². The number of hydrogen-bond acceptors (Lipinski definition) is 7. The Morgan fingerprint density at radius 1 is 1.11 bits per heavy atom. The van der Waals surface area contributed by atoms with Gasteiger partial charge in [0.15, 0.2) is 0 Å². The fraction of sp³-hybridized carbons (Fsp3) is 0.348. The Morgan fingerprint density at radius 2 is 1.89 bits per heavy atom. The molecule has 1 aliphatic rings. The van der Waals surface area contributed by atoms with Gasteiger partial charge in [0.1, 0.15) is 11.5 Å². The van der Waals surface area contributed by atoms with Crippen LogP contribution in [0, 0.1) is 5.82 Å². The summed E-state index contributed by atoms with van der Waals surface area (Å²) in [6.07, 6.45) is 0.385. The van der Waals surface area contributed by atoms with E-state index in [0.717, 1.165) is 10.8 Å². The Balaban J connectivity index is 1.46. The first kappa shape index (κ1) is 25.2. The summed E-state index contributed by atoms with van der Waals surface area (Å²) in [6, 6.07) is 8.57. The van der Waals surface area contributed by atoms with Crippen molar-refractivity contribution in [1.29, 1.82) is 0 Å². The largest absolute Gasteiger partial charge is 0.415 e. The molecule has 0 unspecified atom stereocenters. The molecular formula is C23H24F3N7O3S. The number of imidazole rings is 1. The molecule has 0 atom stereocenters. The first-order valence-corrected chi connectivity index (χ1v) is 13.0. The van der Waals surface area contributed by atoms with Crippen LogP contribution in [0.2, 0.25) is 0 Å². The first-order chi connectivity index (χ1) is 17.7. The number of aromatic nitrogens is 4. The van der Waals surface area contributed by atoms with Crippen molar-refractivity contribution in [3.63, 3.8) is 0 Å². The summed E-state index contributed by atoms with van der Waals surface area (Å²) in [6.45, 7) is 4.56. The van der Waals surface area contributed by atoms with Gasteiger partial charge in [0, 0.05) is 44.1 Å². The van der Waals surface area contributed by atoms with Crippen molar-refractivity contribution >= 4 is 21.5 Å². The Labute approximate surface area is 211 Å². The third-order valence-corrected chi connectivity index (χ3v) is 8.08.